The summed E-state index contributed by atoms with van der Waals surface area (Å²) < 4.78 is 10.2. The van der Waals surface area contributed by atoms with Crippen LogP contribution in [0.15, 0.2) is 0 Å². The number of carbonyl (C=O) groups excluding carboxylic acids is 2. The zero-order valence-electron chi connectivity index (χ0n) is 19.4. The second kappa shape index (κ2) is 21.4. The van der Waals surface area contributed by atoms with Crippen molar-refractivity contribution in [3.63, 3.8) is 0 Å². The molecule has 1 amide bonds. The van der Waals surface area contributed by atoms with Crippen molar-refractivity contribution in [1.29, 1.82) is 0 Å². The number of carbonyl (C=O) groups is 2. The number of rotatable bonds is 20. The minimum Gasteiger partial charge on any atom is -0.466 e. The van der Waals surface area contributed by atoms with Crippen LogP contribution in [0.4, 0.5) is 4.79 Å². The molecule has 5 nitrogen and oxygen atoms in total. The molecule has 1 N–H and O–H groups in total. The zero-order chi connectivity index (χ0) is 21.6. The summed E-state index contributed by atoms with van der Waals surface area (Å²) in [4.78, 5) is 23.0. The Morgan fingerprint density at radius 3 is 1.76 bits per heavy atom. The Morgan fingerprint density at radius 2 is 1.24 bits per heavy atom. The molecule has 0 aromatic rings. The summed E-state index contributed by atoms with van der Waals surface area (Å²) >= 11 is 0. The molecule has 0 aliphatic rings. The minimum atomic E-state index is -0.418. The number of nitrogens with one attached hydrogen (secondary N) is 1. The normalized spacial score (nSPS) is 10.9. The van der Waals surface area contributed by atoms with Crippen LogP contribution in [0.5, 0.6) is 0 Å². The monoisotopic (exact) mass is 413 g/mol. The maximum Gasteiger partial charge on any atom is 0.407 e. The van der Waals surface area contributed by atoms with Crippen LogP contribution in [0, 0.1) is 5.92 Å². The number of alkyl carbamates (subject to hydrolysis) is 1. The summed E-state index contributed by atoms with van der Waals surface area (Å²) in [6, 6.07) is 0. The van der Waals surface area contributed by atoms with E-state index in [0.717, 1.165) is 12.8 Å². The average molecular weight is 414 g/mol. The van der Waals surface area contributed by atoms with Gasteiger partial charge in [-0.05, 0) is 18.8 Å². The second-order valence-electron chi connectivity index (χ2n) is 8.49. The third kappa shape index (κ3) is 22.9. The highest BCUT2D eigenvalue weighted by molar-refractivity contribution is 5.69. The van der Waals surface area contributed by atoms with Gasteiger partial charge in [0.2, 0.25) is 0 Å². The van der Waals surface area contributed by atoms with Gasteiger partial charge in [-0.25, -0.2) is 4.79 Å². The number of unbranched alkanes of at least 4 members (excludes halogenated alkanes) is 12. The fourth-order valence-electron chi connectivity index (χ4n) is 3.09. The fourth-order valence-corrected chi connectivity index (χ4v) is 3.09. The molecule has 0 saturated heterocycles. The molecule has 0 atom stereocenters. The quantitative estimate of drug-likeness (QED) is 0.176. The molecule has 0 aliphatic heterocycles. The molecule has 29 heavy (non-hydrogen) atoms. The van der Waals surface area contributed by atoms with E-state index in [2.05, 4.69) is 12.2 Å². The largest absolute Gasteiger partial charge is 0.466 e. The first kappa shape index (κ1) is 27.7. The van der Waals surface area contributed by atoms with E-state index < -0.39 is 6.09 Å². The van der Waals surface area contributed by atoms with Crippen LogP contribution in [-0.4, -0.2) is 31.8 Å². The van der Waals surface area contributed by atoms with Gasteiger partial charge in [-0.3, -0.25) is 4.79 Å². The van der Waals surface area contributed by atoms with Crippen molar-refractivity contribution in [2.45, 2.75) is 117 Å². The first-order valence-electron chi connectivity index (χ1n) is 12.1. The number of esters is 1. The first-order chi connectivity index (χ1) is 14.1. The SMILES string of the molecule is CCCCCCCCCCCCCCCOC(=O)CCCNC(=O)OCC(C)C. The van der Waals surface area contributed by atoms with Gasteiger partial charge in [0.15, 0.2) is 0 Å². The van der Waals surface area contributed by atoms with Gasteiger partial charge in [-0.1, -0.05) is 97.8 Å². The van der Waals surface area contributed by atoms with Crippen LogP contribution in [0.25, 0.3) is 0 Å². The topological polar surface area (TPSA) is 64.6 Å². The van der Waals surface area contributed by atoms with E-state index in [-0.39, 0.29) is 5.97 Å². The van der Waals surface area contributed by atoms with Crippen LogP contribution in [0.3, 0.4) is 0 Å². The van der Waals surface area contributed by atoms with E-state index in [0.29, 0.717) is 38.5 Å². The minimum absolute atomic E-state index is 0.179. The third-order valence-corrected chi connectivity index (χ3v) is 4.89. The van der Waals surface area contributed by atoms with Crippen molar-refractivity contribution in [3.05, 3.63) is 0 Å². The first-order valence-corrected chi connectivity index (χ1v) is 12.1. The Kier molecular flexibility index (Phi) is 20.5. The standard InChI is InChI=1S/C24H47NO4/c1-4-5-6-7-8-9-10-11-12-13-14-15-16-20-28-23(26)18-17-19-25-24(27)29-21-22(2)3/h22H,4-21H2,1-3H3,(H,25,27). The lowest BCUT2D eigenvalue weighted by molar-refractivity contribution is -0.143. The van der Waals surface area contributed by atoms with Crippen molar-refractivity contribution >= 4 is 12.1 Å². The van der Waals surface area contributed by atoms with Gasteiger partial charge < -0.3 is 14.8 Å². The average Bonchev–Trinajstić information content (AvgIpc) is 2.70. The highest BCUT2D eigenvalue weighted by Gasteiger charge is 2.05. The van der Waals surface area contributed by atoms with E-state index in [4.69, 9.17) is 9.47 Å². The lowest BCUT2D eigenvalue weighted by Gasteiger charge is -2.08. The van der Waals surface area contributed by atoms with Crippen molar-refractivity contribution < 1.29 is 19.1 Å². The van der Waals surface area contributed by atoms with E-state index in [1.54, 1.807) is 0 Å². The molecule has 5 heteroatoms. The molecule has 0 spiro atoms. The molecule has 0 aromatic carbocycles. The van der Waals surface area contributed by atoms with Crippen LogP contribution >= 0.6 is 0 Å². The van der Waals surface area contributed by atoms with Crippen molar-refractivity contribution in [3.8, 4) is 0 Å². The lowest BCUT2D eigenvalue weighted by Crippen LogP contribution is -2.27. The van der Waals surface area contributed by atoms with Gasteiger partial charge in [-0.15, -0.1) is 0 Å². The molecule has 0 rings (SSSR count). The Morgan fingerprint density at radius 1 is 0.724 bits per heavy atom. The van der Waals surface area contributed by atoms with Crippen LogP contribution in [0.2, 0.25) is 0 Å². The number of hydrogen-bond donors (Lipinski definition) is 1. The van der Waals surface area contributed by atoms with E-state index in [1.807, 2.05) is 13.8 Å². The molecule has 0 aromatic heterocycles. The van der Waals surface area contributed by atoms with Gasteiger partial charge in [0.25, 0.3) is 0 Å². The van der Waals surface area contributed by atoms with Crippen molar-refractivity contribution in [2.75, 3.05) is 19.8 Å². The Balaban J connectivity index is 3.25. The third-order valence-electron chi connectivity index (χ3n) is 4.89. The maximum absolute atomic E-state index is 11.7. The van der Waals surface area contributed by atoms with Gasteiger partial charge in [0.1, 0.15) is 0 Å². The number of amides is 1. The molecule has 0 fully saturated rings. The van der Waals surface area contributed by atoms with Gasteiger partial charge >= 0.3 is 12.1 Å². The Hall–Kier alpha value is -1.26. The Bertz CT molecular complexity index is 385. The molecule has 0 saturated carbocycles. The summed E-state index contributed by atoms with van der Waals surface area (Å²) in [7, 11) is 0. The Labute approximate surface area is 179 Å². The highest BCUT2D eigenvalue weighted by atomic mass is 16.5. The summed E-state index contributed by atoms with van der Waals surface area (Å²) in [5.41, 5.74) is 0. The van der Waals surface area contributed by atoms with Crippen LogP contribution < -0.4 is 5.32 Å². The van der Waals surface area contributed by atoms with Gasteiger partial charge in [0, 0.05) is 13.0 Å². The number of ether oxygens (including phenoxy) is 2. The van der Waals surface area contributed by atoms with Crippen LogP contribution in [-0.2, 0) is 14.3 Å². The lowest BCUT2D eigenvalue weighted by atomic mass is 10.0. The van der Waals surface area contributed by atoms with Crippen LogP contribution in [0.1, 0.15) is 117 Å². The van der Waals surface area contributed by atoms with E-state index >= 15 is 0 Å². The molecule has 172 valence electrons. The molecular weight excluding hydrogens is 366 g/mol. The van der Waals surface area contributed by atoms with E-state index in [1.165, 1.54) is 70.6 Å². The second-order valence-corrected chi connectivity index (χ2v) is 8.49. The molecule has 0 unspecified atom stereocenters. The van der Waals surface area contributed by atoms with Crippen molar-refractivity contribution in [1.82, 2.24) is 5.32 Å². The molecular formula is C24H47NO4. The predicted molar refractivity (Wildman–Crippen MR) is 120 cm³/mol. The smallest absolute Gasteiger partial charge is 0.407 e. The van der Waals surface area contributed by atoms with Gasteiger partial charge in [0.05, 0.1) is 13.2 Å². The number of hydrogen-bond acceptors (Lipinski definition) is 4. The van der Waals surface area contributed by atoms with Crippen molar-refractivity contribution in [2.24, 2.45) is 5.92 Å². The maximum atomic E-state index is 11.7. The zero-order valence-corrected chi connectivity index (χ0v) is 19.4. The summed E-state index contributed by atoms with van der Waals surface area (Å²) in [5, 5.41) is 2.64. The fraction of sp³-hybridized carbons (Fsp3) is 0.917. The summed E-state index contributed by atoms with van der Waals surface area (Å²) in [6.07, 6.45) is 17.5. The summed E-state index contributed by atoms with van der Waals surface area (Å²) in [6.45, 7) is 7.60. The molecule has 0 bridgehead atoms. The van der Waals surface area contributed by atoms with E-state index in [9.17, 15) is 9.59 Å². The predicted octanol–water partition coefficient (Wildman–Crippen LogP) is 6.78. The molecule has 0 aliphatic carbocycles. The summed E-state index contributed by atoms with van der Waals surface area (Å²) in [5.74, 6) is 0.141. The molecule has 0 heterocycles. The molecule has 0 radical (unpaired) electrons. The highest BCUT2D eigenvalue weighted by Crippen LogP contribution is 2.12. The van der Waals surface area contributed by atoms with Gasteiger partial charge in [-0.2, -0.15) is 0 Å².